The van der Waals surface area contributed by atoms with Crippen molar-refractivity contribution >= 4 is 66.6 Å². The highest BCUT2D eigenvalue weighted by Gasteiger charge is 2.18. The maximum atomic E-state index is 12.8. The summed E-state index contributed by atoms with van der Waals surface area (Å²) in [5.41, 5.74) is 0.447. The van der Waals surface area contributed by atoms with E-state index in [9.17, 15) is 18.0 Å². The minimum absolute atomic E-state index is 0.0890. The van der Waals surface area contributed by atoms with Crippen LogP contribution in [0.25, 0.3) is 0 Å². The van der Waals surface area contributed by atoms with E-state index in [1.807, 2.05) is 0 Å². The molecule has 0 aliphatic carbocycles. The molecule has 4 rings (SSSR count). The Balaban J connectivity index is 1.40. The van der Waals surface area contributed by atoms with Crippen LogP contribution in [-0.4, -0.2) is 25.3 Å². The van der Waals surface area contributed by atoms with Gasteiger partial charge in [0.25, 0.3) is 5.91 Å². The standard InChI is InChI=1S/C25H16BrCl2N3O5S/c26-21-13-16(30-25(33)31-23(32)20-3-1-2-4-22(20)28)14-29-24(21)36-17-7-11-19(12-8-17)37(34,35)18-9-5-15(27)6-10-18/h1-14H,(H2,30,31,32,33). The summed E-state index contributed by atoms with van der Waals surface area (Å²) in [5.74, 6) is -0.143. The number of aromatic nitrogens is 1. The molecule has 0 saturated heterocycles. The number of nitrogens with one attached hydrogen (secondary N) is 2. The molecule has 0 aliphatic rings. The van der Waals surface area contributed by atoms with Gasteiger partial charge in [0.15, 0.2) is 0 Å². The molecule has 2 N–H and O–H groups in total. The topological polar surface area (TPSA) is 114 Å². The zero-order valence-corrected chi connectivity index (χ0v) is 22.5. The number of urea groups is 1. The van der Waals surface area contributed by atoms with Crippen LogP contribution in [0, 0.1) is 0 Å². The van der Waals surface area contributed by atoms with Crippen molar-refractivity contribution in [3.8, 4) is 11.6 Å². The molecule has 0 fully saturated rings. The van der Waals surface area contributed by atoms with E-state index in [2.05, 4.69) is 31.5 Å². The highest BCUT2D eigenvalue weighted by Crippen LogP contribution is 2.31. The van der Waals surface area contributed by atoms with Crippen LogP contribution in [0.3, 0.4) is 0 Å². The zero-order valence-electron chi connectivity index (χ0n) is 18.6. The van der Waals surface area contributed by atoms with Crippen LogP contribution in [0.15, 0.2) is 99.3 Å². The summed E-state index contributed by atoms with van der Waals surface area (Å²) in [6.45, 7) is 0. The molecule has 0 bridgehead atoms. The van der Waals surface area contributed by atoms with Gasteiger partial charge < -0.3 is 10.1 Å². The Kier molecular flexibility index (Phi) is 8.13. The van der Waals surface area contributed by atoms with Gasteiger partial charge in [-0.15, -0.1) is 0 Å². The van der Waals surface area contributed by atoms with Gasteiger partial charge in [0.05, 0.1) is 36.7 Å². The molecule has 0 saturated carbocycles. The van der Waals surface area contributed by atoms with Gasteiger partial charge in [-0.2, -0.15) is 0 Å². The van der Waals surface area contributed by atoms with Crippen molar-refractivity contribution in [2.45, 2.75) is 9.79 Å². The van der Waals surface area contributed by atoms with Gasteiger partial charge in [-0.25, -0.2) is 18.2 Å². The van der Waals surface area contributed by atoms with Crippen molar-refractivity contribution in [1.82, 2.24) is 10.3 Å². The Hall–Kier alpha value is -3.44. The molecule has 8 nitrogen and oxygen atoms in total. The van der Waals surface area contributed by atoms with Gasteiger partial charge >= 0.3 is 6.03 Å². The van der Waals surface area contributed by atoms with Crippen molar-refractivity contribution in [2.75, 3.05) is 5.32 Å². The normalized spacial score (nSPS) is 11.0. The molecule has 12 heteroatoms. The van der Waals surface area contributed by atoms with Crippen LogP contribution in [0.4, 0.5) is 10.5 Å². The second-order valence-corrected chi connectivity index (χ2v) is 11.1. The van der Waals surface area contributed by atoms with Crippen molar-refractivity contribution in [1.29, 1.82) is 0 Å². The Morgan fingerprint density at radius 3 is 2.14 bits per heavy atom. The number of benzene rings is 3. The van der Waals surface area contributed by atoms with E-state index in [4.69, 9.17) is 27.9 Å². The number of sulfone groups is 1. The number of carbonyl (C=O) groups is 2. The molecule has 0 spiro atoms. The summed E-state index contributed by atoms with van der Waals surface area (Å²) < 4.78 is 31.7. The Bertz CT molecular complexity index is 1580. The number of nitrogens with zero attached hydrogens (tertiary/aromatic N) is 1. The fraction of sp³-hybridized carbons (Fsp3) is 0. The highest BCUT2D eigenvalue weighted by atomic mass is 79.9. The molecule has 4 aromatic rings. The van der Waals surface area contributed by atoms with Crippen LogP contribution < -0.4 is 15.4 Å². The number of hydrogen-bond donors (Lipinski definition) is 2. The number of amides is 3. The lowest BCUT2D eigenvalue weighted by atomic mass is 10.2. The maximum absolute atomic E-state index is 12.8. The third-order valence-corrected chi connectivity index (χ3v) is 7.82. The Labute approximate surface area is 230 Å². The third-order valence-electron chi connectivity index (χ3n) is 4.88. The molecule has 0 aliphatic heterocycles. The molecule has 1 heterocycles. The fourth-order valence-corrected chi connectivity index (χ4v) is 5.13. The first-order valence-electron chi connectivity index (χ1n) is 10.4. The molecule has 0 unspecified atom stereocenters. The summed E-state index contributed by atoms with van der Waals surface area (Å²) in [4.78, 5) is 28.8. The first-order chi connectivity index (χ1) is 17.6. The van der Waals surface area contributed by atoms with Crippen LogP contribution >= 0.6 is 39.1 Å². The molecule has 1 aromatic heterocycles. The van der Waals surface area contributed by atoms with E-state index in [1.54, 1.807) is 18.2 Å². The van der Waals surface area contributed by atoms with Gasteiger partial charge in [-0.3, -0.25) is 10.1 Å². The van der Waals surface area contributed by atoms with Crippen LogP contribution in [0.1, 0.15) is 10.4 Å². The maximum Gasteiger partial charge on any atom is 0.326 e. The van der Waals surface area contributed by atoms with Crippen LogP contribution in [0.2, 0.25) is 10.0 Å². The minimum Gasteiger partial charge on any atom is -0.438 e. The summed E-state index contributed by atoms with van der Waals surface area (Å²) in [7, 11) is -3.72. The molecule has 0 atom stereocenters. The van der Waals surface area contributed by atoms with Gasteiger partial charge in [0, 0.05) is 5.02 Å². The molecule has 37 heavy (non-hydrogen) atoms. The average molecular weight is 621 g/mol. The molecular formula is C25H16BrCl2N3O5S. The monoisotopic (exact) mass is 619 g/mol. The van der Waals surface area contributed by atoms with Crippen LogP contribution in [0.5, 0.6) is 11.6 Å². The van der Waals surface area contributed by atoms with E-state index in [0.29, 0.717) is 15.2 Å². The lowest BCUT2D eigenvalue weighted by molar-refractivity contribution is 0.0967. The molecule has 0 radical (unpaired) electrons. The first kappa shape index (κ1) is 26.6. The fourth-order valence-electron chi connectivity index (χ4n) is 3.10. The highest BCUT2D eigenvalue weighted by molar-refractivity contribution is 9.10. The summed E-state index contributed by atoms with van der Waals surface area (Å²) in [6, 6.07) is 18.8. The number of pyridine rings is 1. The Morgan fingerprint density at radius 1 is 0.892 bits per heavy atom. The minimum atomic E-state index is -3.72. The summed E-state index contributed by atoms with van der Waals surface area (Å²) in [5, 5.41) is 5.34. The summed E-state index contributed by atoms with van der Waals surface area (Å²) >= 11 is 15.1. The smallest absolute Gasteiger partial charge is 0.326 e. The quantitative estimate of drug-likeness (QED) is 0.247. The Morgan fingerprint density at radius 2 is 1.51 bits per heavy atom. The van der Waals surface area contributed by atoms with E-state index >= 15 is 0 Å². The molecular weight excluding hydrogens is 605 g/mol. The lowest BCUT2D eigenvalue weighted by Gasteiger charge is -2.11. The number of anilines is 1. The number of imide groups is 1. The second-order valence-electron chi connectivity index (χ2n) is 7.43. The van der Waals surface area contributed by atoms with E-state index < -0.39 is 21.8 Å². The van der Waals surface area contributed by atoms with Crippen molar-refractivity contribution < 1.29 is 22.7 Å². The number of rotatable bonds is 6. The number of carbonyl (C=O) groups excluding carboxylic acids is 2. The SMILES string of the molecule is O=C(NC(=O)c1ccccc1Cl)Nc1cnc(Oc2ccc(S(=O)(=O)c3ccc(Cl)cc3)cc2)c(Br)c1. The second kappa shape index (κ2) is 11.3. The average Bonchev–Trinajstić information content (AvgIpc) is 2.86. The number of hydrogen-bond acceptors (Lipinski definition) is 6. The van der Waals surface area contributed by atoms with Crippen molar-refractivity contribution in [2.24, 2.45) is 0 Å². The molecule has 188 valence electrons. The summed E-state index contributed by atoms with van der Waals surface area (Å²) in [6.07, 6.45) is 1.33. The molecule has 3 amide bonds. The zero-order chi connectivity index (χ0) is 26.6. The predicted octanol–water partition coefficient (Wildman–Crippen LogP) is 6.74. The first-order valence-corrected chi connectivity index (χ1v) is 13.5. The van der Waals surface area contributed by atoms with Gasteiger partial charge in [-0.05, 0) is 82.7 Å². The van der Waals surface area contributed by atoms with Gasteiger partial charge in [0.2, 0.25) is 15.7 Å². The van der Waals surface area contributed by atoms with E-state index in [1.165, 1.54) is 66.9 Å². The van der Waals surface area contributed by atoms with E-state index in [0.717, 1.165) is 0 Å². The van der Waals surface area contributed by atoms with Crippen LogP contribution in [-0.2, 0) is 9.84 Å². The number of halogens is 3. The van der Waals surface area contributed by atoms with Crippen molar-refractivity contribution in [3.05, 3.63) is 105 Å². The largest absolute Gasteiger partial charge is 0.438 e. The van der Waals surface area contributed by atoms with Gasteiger partial charge in [0.1, 0.15) is 5.75 Å². The van der Waals surface area contributed by atoms with Crippen molar-refractivity contribution in [3.63, 3.8) is 0 Å². The lowest BCUT2D eigenvalue weighted by Crippen LogP contribution is -2.34. The number of ether oxygens (including phenoxy) is 1. The molecule has 3 aromatic carbocycles. The van der Waals surface area contributed by atoms with Gasteiger partial charge in [-0.1, -0.05) is 35.3 Å². The predicted molar refractivity (Wildman–Crippen MR) is 143 cm³/mol. The van der Waals surface area contributed by atoms with E-state index in [-0.39, 0.29) is 31.9 Å². The third kappa shape index (κ3) is 6.47.